The van der Waals surface area contributed by atoms with Crippen molar-refractivity contribution in [1.29, 1.82) is 0 Å². The summed E-state index contributed by atoms with van der Waals surface area (Å²) in [5, 5.41) is 14.3. The number of ketones is 2. The second-order valence-corrected chi connectivity index (χ2v) is 8.09. The van der Waals surface area contributed by atoms with Crippen LogP contribution in [0.4, 0.5) is 11.4 Å². The highest BCUT2D eigenvalue weighted by Gasteiger charge is 2.29. The molecule has 7 nitrogen and oxygen atoms in total. The minimum absolute atomic E-state index is 0.0459. The second-order valence-electron chi connectivity index (χ2n) is 7.01. The fourth-order valence-corrected chi connectivity index (χ4v) is 4.56. The van der Waals surface area contributed by atoms with Crippen LogP contribution in [0.3, 0.4) is 0 Å². The Labute approximate surface area is 179 Å². The molecule has 0 saturated heterocycles. The highest BCUT2D eigenvalue weighted by Crippen LogP contribution is 2.31. The van der Waals surface area contributed by atoms with Crippen molar-refractivity contribution in [2.45, 2.75) is 0 Å². The van der Waals surface area contributed by atoms with Crippen LogP contribution in [0.5, 0.6) is 0 Å². The number of hydrogen-bond donors (Lipinski definition) is 1. The van der Waals surface area contributed by atoms with Crippen molar-refractivity contribution >= 4 is 50.3 Å². The smallest absolute Gasteiger partial charge is 0.270 e. The quantitative estimate of drug-likeness (QED) is 0.327. The molecule has 4 aromatic rings. The predicted octanol–water partition coefficient (Wildman–Crippen LogP) is 4.84. The molecule has 1 aliphatic rings. The van der Waals surface area contributed by atoms with Gasteiger partial charge in [-0.05, 0) is 30.3 Å². The summed E-state index contributed by atoms with van der Waals surface area (Å²) in [5.74, 6) is -0.900. The van der Waals surface area contributed by atoms with Gasteiger partial charge < -0.3 is 5.32 Å². The largest absolute Gasteiger partial charge is 0.321 e. The first kappa shape index (κ1) is 18.8. The van der Waals surface area contributed by atoms with Crippen LogP contribution >= 0.6 is 11.3 Å². The molecule has 0 fully saturated rings. The van der Waals surface area contributed by atoms with Gasteiger partial charge in [-0.15, -0.1) is 11.3 Å². The van der Waals surface area contributed by atoms with Crippen molar-refractivity contribution in [3.8, 4) is 0 Å². The minimum atomic E-state index is -0.486. The van der Waals surface area contributed by atoms with E-state index in [0.29, 0.717) is 32.6 Å². The van der Waals surface area contributed by atoms with Crippen molar-refractivity contribution in [1.82, 2.24) is 0 Å². The van der Waals surface area contributed by atoms with Gasteiger partial charge in [0.15, 0.2) is 11.6 Å². The van der Waals surface area contributed by atoms with E-state index in [2.05, 4.69) is 5.32 Å². The molecule has 0 unspecified atom stereocenters. The monoisotopic (exact) mass is 428 g/mol. The molecule has 8 heteroatoms. The lowest BCUT2D eigenvalue weighted by atomic mass is 9.84. The van der Waals surface area contributed by atoms with Crippen LogP contribution < -0.4 is 5.32 Å². The number of carbonyl (C=O) groups is 3. The Bertz CT molecular complexity index is 1450. The van der Waals surface area contributed by atoms with E-state index >= 15 is 0 Å². The molecule has 1 aromatic heterocycles. The lowest BCUT2D eigenvalue weighted by Gasteiger charge is -2.18. The average Bonchev–Trinajstić information content (AvgIpc) is 3.21. The van der Waals surface area contributed by atoms with Crippen LogP contribution in [-0.4, -0.2) is 22.4 Å². The maximum atomic E-state index is 12.8. The van der Waals surface area contributed by atoms with E-state index < -0.39 is 10.8 Å². The summed E-state index contributed by atoms with van der Waals surface area (Å²) < 4.78 is 0.749. The molecule has 0 aliphatic heterocycles. The molecular weight excluding hydrogens is 416 g/mol. The molecule has 1 heterocycles. The van der Waals surface area contributed by atoms with Crippen LogP contribution in [0.2, 0.25) is 0 Å². The first-order valence-corrected chi connectivity index (χ1v) is 10.1. The number of amides is 1. The number of carbonyl (C=O) groups excluding carboxylic acids is 3. The fourth-order valence-electron chi connectivity index (χ4n) is 3.63. The zero-order chi connectivity index (χ0) is 21.7. The summed E-state index contributed by atoms with van der Waals surface area (Å²) in [7, 11) is 0. The minimum Gasteiger partial charge on any atom is -0.321 e. The molecule has 1 amide bonds. The third kappa shape index (κ3) is 3.10. The molecule has 1 aliphatic carbocycles. The number of rotatable bonds is 3. The van der Waals surface area contributed by atoms with Gasteiger partial charge >= 0.3 is 0 Å². The van der Waals surface area contributed by atoms with Gasteiger partial charge in [-0.3, -0.25) is 24.5 Å². The molecule has 0 spiro atoms. The zero-order valence-corrected chi connectivity index (χ0v) is 16.6. The normalized spacial score (nSPS) is 12.4. The molecule has 5 rings (SSSR count). The first-order valence-electron chi connectivity index (χ1n) is 9.24. The lowest BCUT2D eigenvalue weighted by molar-refractivity contribution is -0.384. The third-order valence-corrected chi connectivity index (χ3v) is 6.23. The van der Waals surface area contributed by atoms with Gasteiger partial charge in [0.1, 0.15) is 0 Å². The van der Waals surface area contributed by atoms with E-state index in [1.54, 1.807) is 42.5 Å². The lowest BCUT2D eigenvalue weighted by Crippen LogP contribution is -2.21. The van der Waals surface area contributed by atoms with Gasteiger partial charge in [-0.25, -0.2) is 0 Å². The van der Waals surface area contributed by atoms with Gasteiger partial charge in [0.2, 0.25) is 0 Å². The highest BCUT2D eigenvalue weighted by atomic mass is 32.1. The number of fused-ring (bicyclic) bond motifs is 3. The molecule has 0 saturated carbocycles. The maximum absolute atomic E-state index is 12.8. The summed E-state index contributed by atoms with van der Waals surface area (Å²) in [6.07, 6.45) is 0. The zero-order valence-electron chi connectivity index (χ0n) is 15.7. The number of non-ortho nitro benzene ring substituents is 1. The summed E-state index contributed by atoms with van der Waals surface area (Å²) in [4.78, 5) is 49.1. The van der Waals surface area contributed by atoms with Crippen molar-refractivity contribution in [2.24, 2.45) is 0 Å². The van der Waals surface area contributed by atoms with E-state index in [9.17, 15) is 24.5 Å². The Morgan fingerprint density at radius 3 is 2.23 bits per heavy atom. The van der Waals surface area contributed by atoms with E-state index in [1.807, 2.05) is 0 Å². The Morgan fingerprint density at radius 1 is 0.839 bits per heavy atom. The topological polar surface area (TPSA) is 106 Å². The second kappa shape index (κ2) is 6.96. The van der Waals surface area contributed by atoms with Gasteiger partial charge in [0, 0.05) is 50.2 Å². The number of nitrogens with one attached hydrogen (secondary N) is 1. The van der Waals surface area contributed by atoms with Crippen molar-refractivity contribution in [3.05, 3.63) is 104 Å². The molecule has 3 aromatic carbocycles. The number of nitrogens with zero attached hydrogens (tertiary/aromatic N) is 1. The first-order chi connectivity index (χ1) is 14.9. The van der Waals surface area contributed by atoms with E-state index in [0.717, 1.165) is 4.70 Å². The van der Waals surface area contributed by atoms with E-state index in [1.165, 1.54) is 35.6 Å². The Hall–Kier alpha value is -4.17. The van der Waals surface area contributed by atoms with Crippen LogP contribution in [0, 0.1) is 10.1 Å². The van der Waals surface area contributed by atoms with Crippen LogP contribution in [-0.2, 0) is 0 Å². The molecule has 0 atom stereocenters. The van der Waals surface area contributed by atoms with Gasteiger partial charge in [0.05, 0.1) is 9.80 Å². The highest BCUT2D eigenvalue weighted by molar-refractivity contribution is 7.20. The third-order valence-electron chi connectivity index (χ3n) is 5.12. The van der Waals surface area contributed by atoms with Gasteiger partial charge in [-0.1, -0.05) is 24.3 Å². The molecule has 1 N–H and O–H groups in total. The van der Waals surface area contributed by atoms with Crippen LogP contribution in [0.25, 0.3) is 10.1 Å². The fraction of sp³-hybridized carbons (Fsp3) is 0. The average molecular weight is 428 g/mol. The van der Waals surface area contributed by atoms with E-state index in [4.69, 9.17) is 0 Å². The van der Waals surface area contributed by atoms with Crippen LogP contribution in [0.1, 0.15) is 41.5 Å². The summed E-state index contributed by atoms with van der Waals surface area (Å²) in [6, 6.07) is 17.3. The van der Waals surface area contributed by atoms with Crippen molar-refractivity contribution in [2.75, 3.05) is 5.32 Å². The van der Waals surface area contributed by atoms with Gasteiger partial charge in [-0.2, -0.15) is 0 Å². The molecule has 31 heavy (non-hydrogen) atoms. The summed E-state index contributed by atoms with van der Waals surface area (Å²) in [5.41, 5.74) is 1.60. The molecule has 150 valence electrons. The Balaban J connectivity index is 1.45. The Morgan fingerprint density at radius 2 is 1.52 bits per heavy atom. The van der Waals surface area contributed by atoms with Crippen LogP contribution in [0.15, 0.2) is 66.7 Å². The number of benzene rings is 3. The van der Waals surface area contributed by atoms with Crippen molar-refractivity contribution < 1.29 is 19.3 Å². The Kier molecular flexibility index (Phi) is 4.23. The number of nitro benzene ring substituents is 1. The number of anilines is 1. The summed E-state index contributed by atoms with van der Waals surface area (Å²) in [6.45, 7) is 0. The number of nitro groups is 1. The predicted molar refractivity (Wildman–Crippen MR) is 116 cm³/mol. The van der Waals surface area contributed by atoms with E-state index in [-0.39, 0.29) is 22.8 Å². The number of hydrogen-bond acceptors (Lipinski definition) is 6. The molecular formula is C23H12N2O5S. The molecule has 0 radical (unpaired) electrons. The maximum Gasteiger partial charge on any atom is 0.270 e. The number of thiophene rings is 1. The molecule has 0 bridgehead atoms. The standard InChI is InChI=1S/C23H12N2O5S/c26-21-15-3-1-2-4-16(15)22(27)18-11-13(5-7-17(18)21)24-23(28)20-10-12-9-14(25(29)30)6-8-19(12)31-20/h1-11H,(H,24,28). The summed E-state index contributed by atoms with van der Waals surface area (Å²) >= 11 is 1.21. The SMILES string of the molecule is O=C(Nc1ccc2c(c1)C(=O)c1ccccc1C2=O)c1cc2cc([N+](=O)[O-])ccc2s1. The van der Waals surface area contributed by atoms with Crippen molar-refractivity contribution in [3.63, 3.8) is 0 Å². The van der Waals surface area contributed by atoms with Gasteiger partial charge in [0.25, 0.3) is 11.6 Å².